The van der Waals surface area contributed by atoms with Gasteiger partial charge in [-0.3, -0.25) is 9.69 Å². The SMILES string of the molecule is COc1ccccc1CN(Cc1cccs1)Cc1nnc(C(=O)Nc2ccc(F)cc2)s1. The Morgan fingerprint density at radius 3 is 2.59 bits per heavy atom. The number of carbonyl (C=O) groups excluding carboxylic acids is 1. The van der Waals surface area contributed by atoms with Gasteiger partial charge in [-0.05, 0) is 41.8 Å². The maximum atomic E-state index is 13.1. The number of nitrogens with one attached hydrogen (secondary N) is 1. The average Bonchev–Trinajstić information content (AvgIpc) is 3.48. The van der Waals surface area contributed by atoms with Crippen molar-refractivity contribution >= 4 is 34.3 Å². The van der Waals surface area contributed by atoms with Gasteiger partial charge in [-0.25, -0.2) is 4.39 Å². The van der Waals surface area contributed by atoms with Crippen LogP contribution >= 0.6 is 22.7 Å². The molecule has 0 atom stereocenters. The molecule has 2 aromatic carbocycles. The van der Waals surface area contributed by atoms with Crippen molar-refractivity contribution in [3.05, 3.63) is 92.3 Å². The van der Waals surface area contributed by atoms with Gasteiger partial charge in [0, 0.05) is 29.2 Å². The molecule has 164 valence electrons. The van der Waals surface area contributed by atoms with Crippen LogP contribution in [-0.4, -0.2) is 28.1 Å². The Labute approximate surface area is 193 Å². The summed E-state index contributed by atoms with van der Waals surface area (Å²) in [6.45, 7) is 1.95. The number of ether oxygens (including phenoxy) is 1. The summed E-state index contributed by atoms with van der Waals surface area (Å²) >= 11 is 2.95. The molecule has 0 aliphatic carbocycles. The van der Waals surface area contributed by atoms with Crippen molar-refractivity contribution in [1.29, 1.82) is 0 Å². The number of aromatic nitrogens is 2. The Hall–Kier alpha value is -3.14. The third-order valence-corrected chi connectivity index (χ3v) is 6.44. The summed E-state index contributed by atoms with van der Waals surface area (Å²) in [5.74, 6) is 0.109. The second kappa shape index (κ2) is 10.4. The Kier molecular flexibility index (Phi) is 7.21. The van der Waals surface area contributed by atoms with Gasteiger partial charge in [0.1, 0.15) is 16.6 Å². The van der Waals surface area contributed by atoms with Crippen LogP contribution in [0.1, 0.15) is 25.3 Å². The van der Waals surface area contributed by atoms with Gasteiger partial charge >= 0.3 is 0 Å². The monoisotopic (exact) mass is 468 g/mol. The number of anilines is 1. The van der Waals surface area contributed by atoms with Crippen LogP contribution in [0.15, 0.2) is 66.0 Å². The van der Waals surface area contributed by atoms with Crippen LogP contribution in [-0.2, 0) is 19.6 Å². The standard InChI is InChI=1S/C23H21FN4O2S2/c1-30-20-7-3-2-5-16(20)13-28(14-19-6-4-12-31-19)15-21-26-27-23(32-21)22(29)25-18-10-8-17(24)9-11-18/h2-12H,13-15H2,1H3,(H,25,29). The average molecular weight is 469 g/mol. The lowest BCUT2D eigenvalue weighted by Crippen LogP contribution is -2.22. The van der Waals surface area contributed by atoms with Crippen molar-refractivity contribution in [2.75, 3.05) is 12.4 Å². The number of hydrogen-bond acceptors (Lipinski definition) is 7. The lowest BCUT2D eigenvalue weighted by molar-refractivity contribution is 0.102. The molecule has 2 heterocycles. The summed E-state index contributed by atoms with van der Waals surface area (Å²) in [5, 5.41) is 14.0. The normalized spacial score (nSPS) is 11.0. The molecule has 0 unspecified atom stereocenters. The topological polar surface area (TPSA) is 67.3 Å². The highest BCUT2D eigenvalue weighted by atomic mass is 32.1. The molecule has 1 N–H and O–H groups in total. The number of benzene rings is 2. The number of thiophene rings is 1. The molecule has 1 amide bonds. The molecule has 0 saturated carbocycles. The molecule has 0 saturated heterocycles. The Morgan fingerprint density at radius 1 is 1.03 bits per heavy atom. The van der Waals surface area contributed by atoms with E-state index in [2.05, 4.69) is 31.9 Å². The second-order valence-corrected chi connectivity index (χ2v) is 9.09. The van der Waals surface area contributed by atoms with Crippen LogP contribution in [0.2, 0.25) is 0 Å². The van der Waals surface area contributed by atoms with E-state index in [1.165, 1.54) is 40.5 Å². The molecular formula is C23H21FN4O2S2. The number of rotatable bonds is 9. The van der Waals surface area contributed by atoms with Crippen LogP contribution < -0.4 is 10.1 Å². The van der Waals surface area contributed by atoms with E-state index in [9.17, 15) is 9.18 Å². The summed E-state index contributed by atoms with van der Waals surface area (Å²) in [4.78, 5) is 16.0. The number of halogens is 1. The summed E-state index contributed by atoms with van der Waals surface area (Å²) < 4.78 is 18.6. The number of para-hydroxylation sites is 1. The van der Waals surface area contributed by atoms with Crippen molar-refractivity contribution in [2.45, 2.75) is 19.6 Å². The molecule has 4 aromatic rings. The maximum absolute atomic E-state index is 13.1. The van der Waals surface area contributed by atoms with Gasteiger partial charge in [0.05, 0.1) is 13.7 Å². The zero-order chi connectivity index (χ0) is 22.3. The van der Waals surface area contributed by atoms with E-state index in [0.29, 0.717) is 18.8 Å². The van der Waals surface area contributed by atoms with Crippen molar-refractivity contribution in [3.63, 3.8) is 0 Å². The van der Waals surface area contributed by atoms with Crippen molar-refractivity contribution in [3.8, 4) is 5.75 Å². The van der Waals surface area contributed by atoms with E-state index in [4.69, 9.17) is 4.74 Å². The first kappa shape index (κ1) is 22.1. The van der Waals surface area contributed by atoms with E-state index in [1.807, 2.05) is 30.3 Å². The first-order chi connectivity index (χ1) is 15.6. The van der Waals surface area contributed by atoms with Gasteiger partial charge in [-0.1, -0.05) is 35.6 Å². The van der Waals surface area contributed by atoms with Crippen LogP contribution in [0, 0.1) is 5.82 Å². The molecular weight excluding hydrogens is 447 g/mol. The van der Waals surface area contributed by atoms with E-state index >= 15 is 0 Å². The van der Waals surface area contributed by atoms with Crippen molar-refractivity contribution in [1.82, 2.24) is 15.1 Å². The minimum Gasteiger partial charge on any atom is -0.496 e. The Bertz CT molecular complexity index is 1160. The molecule has 4 rings (SSSR count). The van der Waals surface area contributed by atoms with Gasteiger partial charge in [-0.15, -0.1) is 21.5 Å². The highest BCUT2D eigenvalue weighted by molar-refractivity contribution is 7.13. The number of carbonyl (C=O) groups is 1. The smallest absolute Gasteiger partial charge is 0.286 e. The molecule has 6 nitrogen and oxygen atoms in total. The van der Waals surface area contributed by atoms with E-state index in [1.54, 1.807) is 18.4 Å². The van der Waals surface area contributed by atoms with E-state index in [0.717, 1.165) is 22.9 Å². The summed E-state index contributed by atoms with van der Waals surface area (Å²) in [5.41, 5.74) is 1.58. The predicted octanol–water partition coefficient (Wildman–Crippen LogP) is 5.20. The molecule has 0 radical (unpaired) electrons. The van der Waals surface area contributed by atoms with Gasteiger partial charge < -0.3 is 10.1 Å². The van der Waals surface area contributed by atoms with Crippen LogP contribution in [0.5, 0.6) is 5.75 Å². The quantitative estimate of drug-likeness (QED) is 0.366. The molecule has 9 heteroatoms. The number of methoxy groups -OCH3 is 1. The van der Waals surface area contributed by atoms with Gasteiger partial charge in [0.15, 0.2) is 0 Å². The third-order valence-electron chi connectivity index (χ3n) is 4.67. The molecule has 0 aliphatic rings. The molecule has 0 spiro atoms. The molecule has 0 aliphatic heterocycles. The van der Waals surface area contributed by atoms with E-state index < -0.39 is 0 Å². The van der Waals surface area contributed by atoms with Crippen LogP contribution in [0.3, 0.4) is 0 Å². The molecule has 0 bridgehead atoms. The number of hydrogen-bond donors (Lipinski definition) is 1. The van der Waals surface area contributed by atoms with Gasteiger partial charge in [-0.2, -0.15) is 0 Å². The zero-order valence-electron chi connectivity index (χ0n) is 17.3. The van der Waals surface area contributed by atoms with E-state index in [-0.39, 0.29) is 16.7 Å². The minimum absolute atomic E-state index is 0.262. The van der Waals surface area contributed by atoms with Gasteiger partial charge in [0.25, 0.3) is 5.91 Å². The number of nitrogens with zero attached hydrogens (tertiary/aromatic N) is 3. The maximum Gasteiger partial charge on any atom is 0.286 e. The first-order valence-electron chi connectivity index (χ1n) is 9.86. The van der Waals surface area contributed by atoms with Crippen LogP contribution in [0.25, 0.3) is 0 Å². The van der Waals surface area contributed by atoms with Crippen molar-refractivity contribution in [2.24, 2.45) is 0 Å². The lowest BCUT2D eigenvalue weighted by atomic mass is 10.2. The highest BCUT2D eigenvalue weighted by Gasteiger charge is 2.17. The highest BCUT2D eigenvalue weighted by Crippen LogP contribution is 2.24. The fourth-order valence-corrected chi connectivity index (χ4v) is 4.71. The first-order valence-corrected chi connectivity index (χ1v) is 11.6. The molecule has 2 aromatic heterocycles. The van der Waals surface area contributed by atoms with Crippen LogP contribution in [0.4, 0.5) is 10.1 Å². The Balaban J connectivity index is 1.47. The van der Waals surface area contributed by atoms with Gasteiger partial charge in [0.2, 0.25) is 5.01 Å². The fourth-order valence-electron chi connectivity index (χ4n) is 3.18. The minimum atomic E-state index is -0.366. The third kappa shape index (κ3) is 5.76. The second-order valence-electron chi connectivity index (χ2n) is 7.00. The zero-order valence-corrected chi connectivity index (χ0v) is 19.0. The fraction of sp³-hybridized carbons (Fsp3) is 0.174. The summed E-state index contributed by atoms with van der Waals surface area (Å²) in [6.07, 6.45) is 0. The molecule has 32 heavy (non-hydrogen) atoms. The predicted molar refractivity (Wildman–Crippen MR) is 125 cm³/mol. The number of amides is 1. The summed E-state index contributed by atoms with van der Waals surface area (Å²) in [7, 11) is 1.67. The summed E-state index contributed by atoms with van der Waals surface area (Å²) in [6, 6.07) is 17.7. The largest absolute Gasteiger partial charge is 0.496 e. The Morgan fingerprint density at radius 2 is 1.84 bits per heavy atom. The van der Waals surface area contributed by atoms with Crippen molar-refractivity contribution < 1.29 is 13.9 Å². The molecule has 0 fully saturated rings. The lowest BCUT2D eigenvalue weighted by Gasteiger charge is -2.21.